The van der Waals surface area contributed by atoms with Gasteiger partial charge in [-0.25, -0.2) is 0 Å². The smallest absolute Gasteiger partial charge is 0.174 e. The van der Waals surface area contributed by atoms with Gasteiger partial charge < -0.3 is 5.11 Å². The van der Waals surface area contributed by atoms with Crippen molar-refractivity contribution >= 4 is 17.3 Å². The molecular weight excluding hydrogens is 328 g/mol. The van der Waals surface area contributed by atoms with Crippen molar-refractivity contribution in [1.29, 1.82) is 0 Å². The molecule has 0 bridgehead atoms. The van der Waals surface area contributed by atoms with E-state index in [-0.39, 0.29) is 41.0 Å². The Bertz CT molecular complexity index is 633. The second kappa shape index (κ2) is 8.79. The maximum atomic E-state index is 13.0. The van der Waals surface area contributed by atoms with E-state index in [9.17, 15) is 19.5 Å². The molecule has 0 amide bonds. The first-order valence-corrected chi connectivity index (χ1v) is 9.60. The Morgan fingerprint density at radius 3 is 2.19 bits per heavy atom. The number of Topliss-reactive ketones (excluding diaryl/α,β-unsaturated/α-hetero) is 3. The van der Waals surface area contributed by atoms with Crippen LogP contribution in [0.1, 0.15) is 74.1 Å². The van der Waals surface area contributed by atoms with Crippen molar-refractivity contribution in [1.82, 2.24) is 0 Å². The molecule has 4 heteroatoms. The molecule has 0 aliphatic heterocycles. The highest BCUT2D eigenvalue weighted by atomic mass is 16.3. The van der Waals surface area contributed by atoms with Crippen molar-refractivity contribution in [3.8, 4) is 0 Å². The molecule has 2 atom stereocenters. The quantitative estimate of drug-likeness (QED) is 0.464. The van der Waals surface area contributed by atoms with Crippen LogP contribution in [-0.2, 0) is 14.4 Å². The number of carbonyl (C=O) groups is 3. The summed E-state index contributed by atoms with van der Waals surface area (Å²) in [7, 11) is 0. The highest BCUT2D eigenvalue weighted by Crippen LogP contribution is 2.48. The van der Waals surface area contributed by atoms with Gasteiger partial charge in [0.15, 0.2) is 11.6 Å². The Morgan fingerprint density at radius 1 is 1.15 bits per heavy atom. The van der Waals surface area contributed by atoms with Crippen LogP contribution in [0.3, 0.4) is 0 Å². The molecule has 0 aromatic heterocycles. The Labute approximate surface area is 157 Å². The van der Waals surface area contributed by atoms with Gasteiger partial charge in [0.25, 0.3) is 0 Å². The third-order valence-corrected chi connectivity index (χ3v) is 5.15. The van der Waals surface area contributed by atoms with Gasteiger partial charge in [0.2, 0.25) is 0 Å². The van der Waals surface area contributed by atoms with E-state index < -0.39 is 11.3 Å². The van der Waals surface area contributed by atoms with E-state index in [1.165, 1.54) is 0 Å². The minimum Gasteiger partial charge on any atom is -0.510 e. The summed E-state index contributed by atoms with van der Waals surface area (Å²) < 4.78 is 0. The van der Waals surface area contributed by atoms with Crippen molar-refractivity contribution in [3.63, 3.8) is 0 Å². The lowest BCUT2D eigenvalue weighted by molar-refractivity contribution is -0.134. The van der Waals surface area contributed by atoms with Gasteiger partial charge >= 0.3 is 0 Å². The molecule has 0 heterocycles. The Balaban J connectivity index is 3.34. The van der Waals surface area contributed by atoms with E-state index in [1.54, 1.807) is 6.92 Å². The number of hydrogen-bond donors (Lipinski definition) is 1. The molecule has 0 aromatic rings. The second-order valence-corrected chi connectivity index (χ2v) is 8.74. The van der Waals surface area contributed by atoms with E-state index in [4.69, 9.17) is 0 Å². The third-order valence-electron chi connectivity index (χ3n) is 5.15. The van der Waals surface area contributed by atoms with Crippen LogP contribution in [0.25, 0.3) is 0 Å². The Morgan fingerprint density at radius 2 is 1.73 bits per heavy atom. The standard InChI is InChI=1S/C22H34O4/c1-13(2)8-10-16-20(25)19(17(23)12-15(5)6)21(26)22(16,7)18(24)11-9-14(3)4/h8,14-16,26H,9-12H2,1-7H3/t16-,22?/m1/s1. The summed E-state index contributed by atoms with van der Waals surface area (Å²) in [6.07, 6.45) is 3.44. The third kappa shape index (κ3) is 4.72. The van der Waals surface area contributed by atoms with Crippen LogP contribution < -0.4 is 0 Å². The van der Waals surface area contributed by atoms with E-state index >= 15 is 0 Å². The molecule has 1 aliphatic rings. The lowest BCUT2D eigenvalue weighted by atomic mass is 9.71. The highest BCUT2D eigenvalue weighted by Gasteiger charge is 2.56. The van der Waals surface area contributed by atoms with Gasteiger partial charge in [-0.2, -0.15) is 0 Å². The number of ketones is 3. The predicted octanol–water partition coefficient (Wildman–Crippen LogP) is 4.98. The number of carbonyl (C=O) groups excluding carboxylic acids is 3. The van der Waals surface area contributed by atoms with E-state index in [1.807, 2.05) is 47.6 Å². The average molecular weight is 363 g/mol. The summed E-state index contributed by atoms with van der Waals surface area (Å²) in [5, 5.41) is 10.8. The molecule has 0 fully saturated rings. The van der Waals surface area contributed by atoms with Crippen molar-refractivity contribution in [2.45, 2.75) is 74.1 Å². The number of rotatable bonds is 9. The van der Waals surface area contributed by atoms with Gasteiger partial charge in [0, 0.05) is 18.8 Å². The van der Waals surface area contributed by atoms with Gasteiger partial charge in [0.05, 0.1) is 11.0 Å². The van der Waals surface area contributed by atoms with Crippen LogP contribution in [-0.4, -0.2) is 22.5 Å². The lowest BCUT2D eigenvalue weighted by Crippen LogP contribution is -2.37. The number of allylic oxidation sites excluding steroid dienone is 4. The fraction of sp³-hybridized carbons (Fsp3) is 0.682. The number of aliphatic hydroxyl groups excluding tert-OH is 1. The first-order valence-electron chi connectivity index (χ1n) is 9.60. The normalized spacial score (nSPS) is 23.1. The fourth-order valence-electron chi connectivity index (χ4n) is 3.42. The summed E-state index contributed by atoms with van der Waals surface area (Å²) in [5.41, 5.74) is -0.414. The molecule has 1 N–H and O–H groups in total. The molecule has 26 heavy (non-hydrogen) atoms. The molecule has 0 radical (unpaired) electrons. The molecule has 0 spiro atoms. The largest absolute Gasteiger partial charge is 0.510 e. The summed E-state index contributed by atoms with van der Waals surface area (Å²) in [6.45, 7) is 13.3. The zero-order valence-electron chi connectivity index (χ0n) is 17.3. The van der Waals surface area contributed by atoms with Gasteiger partial charge in [-0.05, 0) is 45.4 Å². The lowest BCUT2D eigenvalue weighted by Gasteiger charge is -2.29. The number of aliphatic hydroxyl groups is 1. The maximum Gasteiger partial charge on any atom is 0.174 e. The highest BCUT2D eigenvalue weighted by molar-refractivity contribution is 6.25. The molecule has 1 rings (SSSR count). The minimum absolute atomic E-state index is 0.0790. The molecule has 4 nitrogen and oxygen atoms in total. The van der Waals surface area contributed by atoms with Crippen LogP contribution in [0.4, 0.5) is 0 Å². The summed E-state index contributed by atoms with van der Waals surface area (Å²) in [4.78, 5) is 38.6. The molecule has 0 aromatic carbocycles. The van der Waals surface area contributed by atoms with Crippen molar-refractivity contribution in [3.05, 3.63) is 23.0 Å². The van der Waals surface area contributed by atoms with Crippen molar-refractivity contribution in [2.24, 2.45) is 23.2 Å². The van der Waals surface area contributed by atoms with Crippen LogP contribution in [0, 0.1) is 23.2 Å². The van der Waals surface area contributed by atoms with E-state index in [0.717, 1.165) is 5.57 Å². The van der Waals surface area contributed by atoms with Crippen molar-refractivity contribution < 1.29 is 19.5 Å². The van der Waals surface area contributed by atoms with Gasteiger partial charge in [0.1, 0.15) is 11.5 Å². The van der Waals surface area contributed by atoms with Crippen LogP contribution >= 0.6 is 0 Å². The Hall–Kier alpha value is -1.71. The first-order chi connectivity index (χ1) is 11.9. The van der Waals surface area contributed by atoms with Crippen LogP contribution in [0.15, 0.2) is 23.0 Å². The summed E-state index contributed by atoms with van der Waals surface area (Å²) in [6, 6.07) is 0. The maximum absolute atomic E-state index is 13.0. The summed E-state index contributed by atoms with van der Waals surface area (Å²) in [5.74, 6) is -1.48. The molecular formula is C22H34O4. The molecule has 1 aliphatic carbocycles. The monoisotopic (exact) mass is 362 g/mol. The first kappa shape index (κ1) is 22.3. The summed E-state index contributed by atoms with van der Waals surface area (Å²) >= 11 is 0. The molecule has 0 saturated heterocycles. The predicted molar refractivity (Wildman–Crippen MR) is 104 cm³/mol. The van der Waals surface area contributed by atoms with E-state index in [0.29, 0.717) is 25.2 Å². The van der Waals surface area contributed by atoms with Crippen molar-refractivity contribution in [2.75, 3.05) is 0 Å². The topological polar surface area (TPSA) is 71.4 Å². The SMILES string of the molecule is CC(C)=CC[C@@H]1C(=O)C(C(=O)CC(C)C)=C(O)C1(C)C(=O)CCC(C)C. The van der Waals surface area contributed by atoms with Crippen LogP contribution in [0.2, 0.25) is 0 Å². The minimum atomic E-state index is -1.31. The van der Waals surface area contributed by atoms with Gasteiger partial charge in [-0.1, -0.05) is 39.3 Å². The Kier molecular flexibility index (Phi) is 7.55. The van der Waals surface area contributed by atoms with Gasteiger partial charge in [-0.15, -0.1) is 0 Å². The second-order valence-electron chi connectivity index (χ2n) is 8.74. The zero-order valence-corrected chi connectivity index (χ0v) is 17.3. The molecule has 0 saturated carbocycles. The fourth-order valence-corrected chi connectivity index (χ4v) is 3.42. The van der Waals surface area contributed by atoms with E-state index in [2.05, 4.69) is 0 Å². The van der Waals surface area contributed by atoms with Gasteiger partial charge in [-0.3, -0.25) is 14.4 Å². The molecule has 146 valence electrons. The average Bonchev–Trinajstić information content (AvgIpc) is 2.69. The van der Waals surface area contributed by atoms with Crippen LogP contribution in [0.5, 0.6) is 0 Å². The zero-order chi connectivity index (χ0) is 20.2. The number of hydrogen-bond acceptors (Lipinski definition) is 4. The molecule has 1 unspecified atom stereocenters.